The predicted molar refractivity (Wildman–Crippen MR) is 102 cm³/mol. The summed E-state index contributed by atoms with van der Waals surface area (Å²) in [5.74, 6) is 0.681. The standard InChI is InChI=1S/C18H21Cl2N3O3/c1-11(2)8-18(3,23-17(24)25)10-26-15-9-22-14(7-13(15)19)12-4-5-21-16(20)6-12/h4-7,9,11,23H,8,10H2,1-3H3,(H,24,25). The van der Waals surface area contributed by atoms with Crippen LogP contribution in [0.2, 0.25) is 10.2 Å². The highest BCUT2D eigenvalue weighted by Crippen LogP contribution is 2.30. The van der Waals surface area contributed by atoms with E-state index in [-0.39, 0.29) is 6.61 Å². The number of nitrogens with one attached hydrogen (secondary N) is 1. The van der Waals surface area contributed by atoms with Crippen LogP contribution in [0.3, 0.4) is 0 Å². The second-order valence-corrected chi connectivity index (χ2v) is 7.54. The Bertz CT molecular complexity index is 786. The molecule has 0 spiro atoms. The molecule has 8 heteroatoms. The van der Waals surface area contributed by atoms with Crippen LogP contribution in [0.4, 0.5) is 4.79 Å². The zero-order chi connectivity index (χ0) is 19.3. The van der Waals surface area contributed by atoms with Gasteiger partial charge in [0.1, 0.15) is 11.8 Å². The van der Waals surface area contributed by atoms with Crippen molar-refractivity contribution in [3.05, 3.63) is 40.8 Å². The summed E-state index contributed by atoms with van der Waals surface area (Å²) in [5, 5.41) is 12.4. The number of carbonyl (C=O) groups is 1. The van der Waals surface area contributed by atoms with Crippen molar-refractivity contribution in [3.8, 4) is 17.0 Å². The van der Waals surface area contributed by atoms with Crippen LogP contribution in [0, 0.1) is 5.92 Å². The van der Waals surface area contributed by atoms with E-state index in [1.54, 1.807) is 31.3 Å². The number of rotatable bonds is 7. The molecule has 1 atom stereocenters. The first-order chi connectivity index (χ1) is 12.2. The smallest absolute Gasteiger partial charge is 0.405 e. The molecule has 0 aliphatic heterocycles. The number of pyridine rings is 2. The topological polar surface area (TPSA) is 84.3 Å². The minimum absolute atomic E-state index is 0.138. The van der Waals surface area contributed by atoms with Gasteiger partial charge in [0, 0.05) is 11.8 Å². The number of hydrogen-bond acceptors (Lipinski definition) is 4. The van der Waals surface area contributed by atoms with Gasteiger partial charge in [0.15, 0.2) is 5.75 Å². The molecule has 26 heavy (non-hydrogen) atoms. The van der Waals surface area contributed by atoms with E-state index < -0.39 is 11.6 Å². The number of ether oxygens (including phenoxy) is 1. The van der Waals surface area contributed by atoms with E-state index in [0.717, 1.165) is 5.56 Å². The van der Waals surface area contributed by atoms with E-state index in [2.05, 4.69) is 15.3 Å². The number of carboxylic acid groups (broad SMARTS) is 1. The van der Waals surface area contributed by atoms with Crippen molar-refractivity contribution in [2.75, 3.05) is 6.61 Å². The Labute approximate surface area is 162 Å². The summed E-state index contributed by atoms with van der Waals surface area (Å²) < 4.78 is 5.76. The van der Waals surface area contributed by atoms with Gasteiger partial charge in [-0.25, -0.2) is 9.78 Å². The normalized spacial score (nSPS) is 13.3. The minimum atomic E-state index is -1.09. The van der Waals surface area contributed by atoms with Gasteiger partial charge in [-0.15, -0.1) is 0 Å². The Morgan fingerprint density at radius 1 is 1.35 bits per heavy atom. The number of hydrogen-bond donors (Lipinski definition) is 2. The number of aromatic nitrogens is 2. The molecule has 2 N–H and O–H groups in total. The lowest BCUT2D eigenvalue weighted by atomic mass is 9.91. The Kier molecular flexibility index (Phi) is 6.67. The molecule has 0 saturated carbocycles. The lowest BCUT2D eigenvalue weighted by Gasteiger charge is -2.31. The fraction of sp³-hybridized carbons (Fsp3) is 0.389. The highest BCUT2D eigenvalue weighted by atomic mass is 35.5. The van der Waals surface area contributed by atoms with E-state index in [9.17, 15) is 4.79 Å². The van der Waals surface area contributed by atoms with E-state index in [4.69, 9.17) is 33.0 Å². The van der Waals surface area contributed by atoms with Gasteiger partial charge in [-0.2, -0.15) is 0 Å². The maximum absolute atomic E-state index is 11.1. The quantitative estimate of drug-likeness (QED) is 0.648. The molecule has 0 fully saturated rings. The van der Waals surface area contributed by atoms with Gasteiger partial charge in [-0.3, -0.25) is 4.98 Å². The van der Waals surface area contributed by atoms with Crippen LogP contribution in [0.1, 0.15) is 27.2 Å². The molecule has 0 saturated heterocycles. The average molecular weight is 398 g/mol. The van der Waals surface area contributed by atoms with Gasteiger partial charge in [0.2, 0.25) is 0 Å². The summed E-state index contributed by atoms with van der Waals surface area (Å²) in [6.07, 6.45) is 2.64. The van der Waals surface area contributed by atoms with E-state index in [0.29, 0.717) is 34.0 Å². The molecule has 0 aliphatic carbocycles. The molecule has 0 bridgehead atoms. The van der Waals surface area contributed by atoms with Crippen molar-refractivity contribution in [1.82, 2.24) is 15.3 Å². The van der Waals surface area contributed by atoms with Crippen molar-refractivity contribution in [1.29, 1.82) is 0 Å². The Balaban J connectivity index is 2.15. The third-order valence-electron chi connectivity index (χ3n) is 3.66. The largest absolute Gasteiger partial charge is 0.488 e. The molecule has 6 nitrogen and oxygen atoms in total. The molecule has 140 valence electrons. The molecular weight excluding hydrogens is 377 g/mol. The molecule has 0 radical (unpaired) electrons. The van der Waals surface area contributed by atoms with Gasteiger partial charge >= 0.3 is 6.09 Å². The van der Waals surface area contributed by atoms with Crippen molar-refractivity contribution < 1.29 is 14.6 Å². The van der Waals surface area contributed by atoms with Crippen LogP contribution < -0.4 is 10.1 Å². The van der Waals surface area contributed by atoms with Gasteiger partial charge in [-0.1, -0.05) is 37.0 Å². The van der Waals surface area contributed by atoms with Crippen molar-refractivity contribution >= 4 is 29.3 Å². The van der Waals surface area contributed by atoms with Crippen LogP contribution in [0.15, 0.2) is 30.6 Å². The summed E-state index contributed by atoms with van der Waals surface area (Å²) >= 11 is 12.2. The minimum Gasteiger partial charge on any atom is -0.488 e. The van der Waals surface area contributed by atoms with Crippen LogP contribution in [0.25, 0.3) is 11.3 Å². The summed E-state index contributed by atoms with van der Waals surface area (Å²) in [5.41, 5.74) is 0.691. The summed E-state index contributed by atoms with van der Waals surface area (Å²) in [7, 11) is 0. The van der Waals surface area contributed by atoms with Crippen molar-refractivity contribution in [2.45, 2.75) is 32.7 Å². The average Bonchev–Trinajstić information content (AvgIpc) is 2.52. The Hall–Kier alpha value is -2.05. The van der Waals surface area contributed by atoms with E-state index in [1.807, 2.05) is 13.8 Å². The van der Waals surface area contributed by atoms with Crippen molar-refractivity contribution in [2.24, 2.45) is 5.92 Å². The predicted octanol–water partition coefficient (Wildman–Crippen LogP) is 4.90. The fourth-order valence-electron chi connectivity index (χ4n) is 2.79. The summed E-state index contributed by atoms with van der Waals surface area (Å²) in [6, 6.07) is 5.14. The summed E-state index contributed by atoms with van der Waals surface area (Å²) in [4.78, 5) is 19.4. The molecule has 0 aliphatic rings. The highest BCUT2D eigenvalue weighted by Gasteiger charge is 2.29. The van der Waals surface area contributed by atoms with E-state index >= 15 is 0 Å². The lowest BCUT2D eigenvalue weighted by molar-refractivity contribution is 0.143. The zero-order valence-corrected chi connectivity index (χ0v) is 16.3. The zero-order valence-electron chi connectivity index (χ0n) is 14.8. The highest BCUT2D eigenvalue weighted by molar-refractivity contribution is 6.32. The second-order valence-electron chi connectivity index (χ2n) is 6.74. The van der Waals surface area contributed by atoms with Crippen LogP contribution in [-0.2, 0) is 0 Å². The second kappa shape index (κ2) is 8.56. The molecule has 1 unspecified atom stereocenters. The number of nitrogens with zero attached hydrogens (tertiary/aromatic N) is 2. The third-order valence-corrected chi connectivity index (χ3v) is 4.16. The van der Waals surface area contributed by atoms with E-state index in [1.165, 1.54) is 6.20 Å². The van der Waals surface area contributed by atoms with Gasteiger partial charge in [0.05, 0.1) is 22.5 Å². The first kappa shape index (κ1) is 20.3. The van der Waals surface area contributed by atoms with Crippen LogP contribution in [-0.4, -0.2) is 33.3 Å². The SMILES string of the molecule is CC(C)CC(C)(COc1cnc(-c2ccnc(Cl)c2)cc1Cl)NC(=O)O. The maximum Gasteiger partial charge on any atom is 0.405 e. The van der Waals surface area contributed by atoms with Gasteiger partial charge in [0.25, 0.3) is 0 Å². The first-order valence-corrected chi connectivity index (χ1v) is 8.85. The molecule has 1 amide bonds. The molecule has 0 aromatic carbocycles. The molecule has 2 heterocycles. The maximum atomic E-state index is 11.1. The van der Waals surface area contributed by atoms with Gasteiger partial charge in [-0.05, 0) is 37.5 Å². The lowest BCUT2D eigenvalue weighted by Crippen LogP contribution is -2.50. The first-order valence-electron chi connectivity index (χ1n) is 8.10. The van der Waals surface area contributed by atoms with Crippen LogP contribution in [0.5, 0.6) is 5.75 Å². The number of amides is 1. The van der Waals surface area contributed by atoms with Gasteiger partial charge < -0.3 is 15.2 Å². The monoisotopic (exact) mass is 397 g/mol. The molecular formula is C18H21Cl2N3O3. The summed E-state index contributed by atoms with van der Waals surface area (Å²) in [6.45, 7) is 5.98. The molecule has 2 aromatic heterocycles. The fourth-order valence-corrected chi connectivity index (χ4v) is 3.17. The Morgan fingerprint density at radius 3 is 2.65 bits per heavy atom. The van der Waals surface area contributed by atoms with Crippen LogP contribution >= 0.6 is 23.2 Å². The Morgan fingerprint density at radius 2 is 2.08 bits per heavy atom. The molecule has 2 aromatic rings. The number of halogens is 2. The third kappa shape index (κ3) is 5.75. The van der Waals surface area contributed by atoms with Crippen molar-refractivity contribution in [3.63, 3.8) is 0 Å². The molecule has 2 rings (SSSR count).